The van der Waals surface area contributed by atoms with Crippen molar-refractivity contribution in [1.29, 1.82) is 5.26 Å². The maximum absolute atomic E-state index is 13.1. The van der Waals surface area contributed by atoms with E-state index in [1.54, 1.807) is 12.1 Å². The molecule has 4 heteroatoms. The second-order valence-corrected chi connectivity index (χ2v) is 4.21. The summed E-state index contributed by atoms with van der Waals surface area (Å²) in [6.45, 7) is 2.59. The first-order valence-electron chi connectivity index (χ1n) is 5.35. The number of nitriles is 1. The molecule has 1 atom stereocenters. The van der Waals surface area contributed by atoms with Crippen molar-refractivity contribution < 1.29 is 4.39 Å². The summed E-state index contributed by atoms with van der Waals surface area (Å²) in [5.74, 6) is -0.454. The number of likely N-dealkylation sites (tertiary alicyclic amines) is 1. The highest BCUT2D eigenvalue weighted by Gasteiger charge is 2.19. The summed E-state index contributed by atoms with van der Waals surface area (Å²) in [5, 5.41) is 8.72. The number of benzene rings is 1. The van der Waals surface area contributed by atoms with Crippen LogP contribution >= 0.6 is 0 Å². The Morgan fingerprint density at radius 3 is 3.00 bits per heavy atom. The predicted octanol–water partition coefficient (Wildman–Crippen LogP) is 1.23. The molecule has 0 saturated carbocycles. The van der Waals surface area contributed by atoms with E-state index in [4.69, 9.17) is 11.0 Å². The topological polar surface area (TPSA) is 53.0 Å². The van der Waals surface area contributed by atoms with Gasteiger partial charge in [-0.3, -0.25) is 4.90 Å². The summed E-state index contributed by atoms with van der Waals surface area (Å²) in [7, 11) is 0. The molecular formula is C12H14FN3. The van der Waals surface area contributed by atoms with Crippen molar-refractivity contribution in [3.8, 4) is 6.07 Å². The largest absolute Gasteiger partial charge is 0.326 e. The molecule has 0 amide bonds. The predicted molar refractivity (Wildman–Crippen MR) is 59.0 cm³/mol. The lowest BCUT2D eigenvalue weighted by molar-refractivity contribution is 0.327. The fourth-order valence-electron chi connectivity index (χ4n) is 2.02. The summed E-state index contributed by atoms with van der Waals surface area (Å²) >= 11 is 0. The van der Waals surface area contributed by atoms with E-state index in [2.05, 4.69) is 4.90 Å². The molecule has 2 N–H and O–H groups in total. The highest BCUT2D eigenvalue weighted by molar-refractivity contribution is 5.34. The van der Waals surface area contributed by atoms with Gasteiger partial charge in [0.2, 0.25) is 0 Å². The molecule has 1 aliphatic heterocycles. The molecule has 0 radical (unpaired) electrons. The molecule has 1 aromatic rings. The summed E-state index contributed by atoms with van der Waals surface area (Å²) < 4.78 is 13.1. The van der Waals surface area contributed by atoms with Crippen LogP contribution in [0.1, 0.15) is 17.5 Å². The lowest BCUT2D eigenvalue weighted by Gasteiger charge is -2.15. The molecule has 0 aliphatic carbocycles. The van der Waals surface area contributed by atoms with E-state index in [0.29, 0.717) is 0 Å². The van der Waals surface area contributed by atoms with Crippen LogP contribution in [0.15, 0.2) is 18.2 Å². The third kappa shape index (κ3) is 2.38. The van der Waals surface area contributed by atoms with Gasteiger partial charge in [-0.1, -0.05) is 6.07 Å². The van der Waals surface area contributed by atoms with Crippen LogP contribution in [-0.4, -0.2) is 24.0 Å². The highest BCUT2D eigenvalue weighted by atomic mass is 19.1. The monoisotopic (exact) mass is 219 g/mol. The first kappa shape index (κ1) is 11.1. The van der Waals surface area contributed by atoms with Gasteiger partial charge in [0, 0.05) is 25.7 Å². The van der Waals surface area contributed by atoms with E-state index in [0.717, 1.165) is 31.6 Å². The van der Waals surface area contributed by atoms with Crippen LogP contribution in [0.25, 0.3) is 0 Å². The van der Waals surface area contributed by atoms with Gasteiger partial charge in [0.15, 0.2) is 0 Å². The van der Waals surface area contributed by atoms with Crippen molar-refractivity contribution in [2.45, 2.75) is 19.0 Å². The van der Waals surface area contributed by atoms with Crippen molar-refractivity contribution in [2.24, 2.45) is 5.73 Å². The zero-order chi connectivity index (χ0) is 11.5. The van der Waals surface area contributed by atoms with Gasteiger partial charge >= 0.3 is 0 Å². The number of nitrogens with zero attached hydrogens (tertiary/aromatic N) is 2. The summed E-state index contributed by atoms with van der Waals surface area (Å²) in [5.41, 5.74) is 6.88. The molecule has 1 fully saturated rings. The number of nitrogens with two attached hydrogens (primary N) is 1. The number of rotatable bonds is 2. The van der Waals surface area contributed by atoms with Crippen molar-refractivity contribution in [3.63, 3.8) is 0 Å². The van der Waals surface area contributed by atoms with Gasteiger partial charge < -0.3 is 5.73 Å². The molecule has 0 unspecified atom stereocenters. The van der Waals surface area contributed by atoms with E-state index in [1.165, 1.54) is 6.07 Å². The van der Waals surface area contributed by atoms with Crippen LogP contribution < -0.4 is 5.73 Å². The minimum absolute atomic E-state index is 0.112. The van der Waals surface area contributed by atoms with Gasteiger partial charge in [-0.15, -0.1) is 0 Å². The molecule has 0 spiro atoms. The molecule has 0 bridgehead atoms. The van der Waals surface area contributed by atoms with E-state index in [-0.39, 0.29) is 11.6 Å². The minimum atomic E-state index is -0.454. The lowest BCUT2D eigenvalue weighted by atomic mass is 10.1. The molecule has 3 nitrogen and oxygen atoms in total. The van der Waals surface area contributed by atoms with Gasteiger partial charge in [0.05, 0.1) is 5.56 Å². The lowest BCUT2D eigenvalue weighted by Crippen LogP contribution is -2.26. The van der Waals surface area contributed by atoms with Crippen LogP contribution in [0.2, 0.25) is 0 Å². The quantitative estimate of drug-likeness (QED) is 0.814. The SMILES string of the molecule is N#Cc1cc(CN2CC[C@H](N)C2)ccc1F. The zero-order valence-electron chi connectivity index (χ0n) is 8.99. The van der Waals surface area contributed by atoms with Crippen molar-refractivity contribution in [1.82, 2.24) is 4.90 Å². The van der Waals surface area contributed by atoms with Gasteiger partial charge in [-0.05, 0) is 24.1 Å². The fraction of sp³-hybridized carbons (Fsp3) is 0.417. The fourth-order valence-corrected chi connectivity index (χ4v) is 2.02. The van der Waals surface area contributed by atoms with Gasteiger partial charge in [-0.2, -0.15) is 5.26 Å². The van der Waals surface area contributed by atoms with Crippen LogP contribution in [0.5, 0.6) is 0 Å². The molecule has 1 aromatic carbocycles. The van der Waals surface area contributed by atoms with Crippen molar-refractivity contribution in [2.75, 3.05) is 13.1 Å². The Balaban J connectivity index is 2.08. The van der Waals surface area contributed by atoms with Gasteiger partial charge in [-0.25, -0.2) is 4.39 Å². The normalized spacial score (nSPS) is 20.9. The molecule has 1 saturated heterocycles. The third-order valence-corrected chi connectivity index (χ3v) is 2.87. The maximum Gasteiger partial charge on any atom is 0.140 e. The Kier molecular flexibility index (Phi) is 3.18. The van der Waals surface area contributed by atoms with E-state index >= 15 is 0 Å². The first-order valence-corrected chi connectivity index (χ1v) is 5.35. The van der Waals surface area contributed by atoms with E-state index in [9.17, 15) is 4.39 Å². The number of hydrogen-bond donors (Lipinski definition) is 1. The van der Waals surface area contributed by atoms with Gasteiger partial charge in [0.25, 0.3) is 0 Å². The first-order chi connectivity index (χ1) is 7.69. The van der Waals surface area contributed by atoms with Crippen LogP contribution in [0.4, 0.5) is 4.39 Å². The van der Waals surface area contributed by atoms with Crippen LogP contribution in [0, 0.1) is 17.1 Å². The molecule has 16 heavy (non-hydrogen) atoms. The van der Waals surface area contributed by atoms with Crippen molar-refractivity contribution in [3.05, 3.63) is 35.1 Å². The van der Waals surface area contributed by atoms with Crippen LogP contribution in [0.3, 0.4) is 0 Å². The highest BCUT2D eigenvalue weighted by Crippen LogP contribution is 2.15. The summed E-state index contributed by atoms with van der Waals surface area (Å²) in [6.07, 6.45) is 1.01. The van der Waals surface area contributed by atoms with E-state index in [1.807, 2.05) is 6.07 Å². The smallest absolute Gasteiger partial charge is 0.140 e. The van der Waals surface area contributed by atoms with Crippen molar-refractivity contribution >= 4 is 0 Å². The zero-order valence-corrected chi connectivity index (χ0v) is 8.99. The Labute approximate surface area is 94.3 Å². The Bertz CT molecular complexity index is 425. The third-order valence-electron chi connectivity index (χ3n) is 2.87. The molecule has 1 aliphatic rings. The number of hydrogen-bond acceptors (Lipinski definition) is 3. The second kappa shape index (κ2) is 4.60. The second-order valence-electron chi connectivity index (χ2n) is 4.21. The number of halogens is 1. The molecule has 2 rings (SSSR count). The molecular weight excluding hydrogens is 205 g/mol. The molecule has 1 heterocycles. The molecule has 0 aromatic heterocycles. The van der Waals surface area contributed by atoms with Gasteiger partial charge in [0.1, 0.15) is 11.9 Å². The van der Waals surface area contributed by atoms with Crippen LogP contribution in [-0.2, 0) is 6.54 Å². The maximum atomic E-state index is 13.1. The summed E-state index contributed by atoms with van der Waals surface area (Å²) in [6, 6.07) is 6.78. The summed E-state index contributed by atoms with van der Waals surface area (Å²) in [4.78, 5) is 2.22. The average molecular weight is 219 g/mol. The molecule has 84 valence electrons. The van der Waals surface area contributed by atoms with E-state index < -0.39 is 5.82 Å². The minimum Gasteiger partial charge on any atom is -0.326 e. The average Bonchev–Trinajstić information content (AvgIpc) is 2.67. The standard InChI is InChI=1S/C12H14FN3/c13-12-2-1-9(5-10(12)6-14)7-16-4-3-11(15)8-16/h1-2,5,11H,3-4,7-8,15H2/t11-/m0/s1. The Hall–Kier alpha value is -1.44. The Morgan fingerprint density at radius 1 is 1.56 bits per heavy atom. The Morgan fingerprint density at radius 2 is 2.38 bits per heavy atom.